The van der Waals surface area contributed by atoms with Crippen LogP contribution in [-0.2, 0) is 0 Å². The summed E-state index contributed by atoms with van der Waals surface area (Å²) in [6, 6.07) is 5.31. The topological polar surface area (TPSA) is 67.2 Å². The van der Waals surface area contributed by atoms with Gasteiger partial charge in [0.05, 0.1) is 11.4 Å². The average Bonchev–Trinajstić information content (AvgIpc) is 2.84. The first kappa shape index (κ1) is 14.4. The van der Waals surface area contributed by atoms with Crippen LogP contribution >= 0.6 is 11.6 Å². The van der Waals surface area contributed by atoms with Crippen molar-refractivity contribution in [3.63, 3.8) is 0 Å². The highest BCUT2D eigenvalue weighted by atomic mass is 35.5. The Hall–Kier alpha value is -2.01. The van der Waals surface area contributed by atoms with Crippen LogP contribution in [-0.4, -0.2) is 17.4 Å². The molecule has 0 fully saturated rings. The predicted octanol–water partition coefficient (Wildman–Crippen LogP) is 3.71. The van der Waals surface area contributed by atoms with Gasteiger partial charge in [-0.3, -0.25) is 4.79 Å². The zero-order chi connectivity index (χ0) is 14.5. The molecule has 0 saturated heterocycles. The summed E-state index contributed by atoms with van der Waals surface area (Å²) >= 11 is 5.98. The van der Waals surface area contributed by atoms with Crippen LogP contribution in [0, 0.1) is 6.92 Å². The second-order valence-corrected chi connectivity index (χ2v) is 4.76. The molecule has 20 heavy (non-hydrogen) atoms. The van der Waals surface area contributed by atoms with Gasteiger partial charge in [0.25, 0.3) is 5.91 Å². The van der Waals surface area contributed by atoms with Crippen molar-refractivity contribution in [2.75, 3.05) is 17.2 Å². The zero-order valence-electron chi connectivity index (χ0n) is 11.4. The fourth-order valence-electron chi connectivity index (χ4n) is 1.74. The minimum Gasteiger partial charge on any atom is -0.448 e. The van der Waals surface area contributed by atoms with Crippen LogP contribution in [0.5, 0.6) is 0 Å². The van der Waals surface area contributed by atoms with Crippen molar-refractivity contribution in [3.8, 4) is 0 Å². The SMILES string of the molecule is CCCNc1ccc(Cl)cc1NC(=O)c1ncoc1C. The number of oxazole rings is 1. The Kier molecular flexibility index (Phi) is 4.63. The van der Waals surface area contributed by atoms with Crippen molar-refractivity contribution in [1.82, 2.24) is 4.98 Å². The molecule has 2 rings (SSSR count). The molecule has 0 aliphatic rings. The highest BCUT2D eigenvalue weighted by Gasteiger charge is 2.15. The summed E-state index contributed by atoms with van der Waals surface area (Å²) in [5.74, 6) is 0.158. The highest BCUT2D eigenvalue weighted by molar-refractivity contribution is 6.31. The average molecular weight is 294 g/mol. The summed E-state index contributed by atoms with van der Waals surface area (Å²) < 4.78 is 5.03. The third kappa shape index (κ3) is 3.30. The van der Waals surface area contributed by atoms with Gasteiger partial charge in [-0.15, -0.1) is 0 Å². The first-order chi connectivity index (χ1) is 9.61. The number of anilines is 2. The van der Waals surface area contributed by atoms with Gasteiger partial charge in [-0.25, -0.2) is 4.98 Å². The quantitative estimate of drug-likeness (QED) is 0.882. The second-order valence-electron chi connectivity index (χ2n) is 4.33. The van der Waals surface area contributed by atoms with Crippen LogP contribution in [0.2, 0.25) is 5.02 Å². The van der Waals surface area contributed by atoms with Gasteiger partial charge in [0, 0.05) is 11.6 Å². The van der Waals surface area contributed by atoms with E-state index in [1.54, 1.807) is 19.1 Å². The maximum absolute atomic E-state index is 12.1. The lowest BCUT2D eigenvalue weighted by atomic mass is 10.2. The van der Waals surface area contributed by atoms with Gasteiger partial charge in [-0.05, 0) is 31.5 Å². The van der Waals surface area contributed by atoms with E-state index in [9.17, 15) is 4.79 Å². The van der Waals surface area contributed by atoms with Crippen molar-refractivity contribution in [2.24, 2.45) is 0 Å². The largest absolute Gasteiger partial charge is 0.448 e. The Bertz CT molecular complexity index is 610. The second kappa shape index (κ2) is 6.43. The molecule has 1 amide bonds. The van der Waals surface area contributed by atoms with Crippen LogP contribution < -0.4 is 10.6 Å². The number of carbonyl (C=O) groups is 1. The number of carbonyl (C=O) groups excluding carboxylic acids is 1. The third-order valence-electron chi connectivity index (χ3n) is 2.76. The third-order valence-corrected chi connectivity index (χ3v) is 2.99. The number of rotatable bonds is 5. The van der Waals surface area contributed by atoms with E-state index in [2.05, 4.69) is 22.5 Å². The number of benzene rings is 1. The fraction of sp³-hybridized carbons (Fsp3) is 0.286. The summed E-state index contributed by atoms with van der Waals surface area (Å²) in [7, 11) is 0. The van der Waals surface area contributed by atoms with Crippen molar-refractivity contribution in [2.45, 2.75) is 20.3 Å². The maximum atomic E-state index is 12.1. The normalized spacial score (nSPS) is 10.3. The Morgan fingerprint density at radius 1 is 1.40 bits per heavy atom. The molecule has 1 heterocycles. The van der Waals surface area contributed by atoms with E-state index in [1.165, 1.54) is 6.39 Å². The van der Waals surface area contributed by atoms with Crippen molar-refractivity contribution in [3.05, 3.63) is 41.1 Å². The zero-order valence-corrected chi connectivity index (χ0v) is 12.1. The Labute approximate surface area is 122 Å². The van der Waals surface area contributed by atoms with E-state index in [1.807, 2.05) is 6.07 Å². The lowest BCUT2D eigenvalue weighted by Crippen LogP contribution is -2.15. The van der Waals surface area contributed by atoms with Gasteiger partial charge < -0.3 is 15.1 Å². The number of amides is 1. The lowest BCUT2D eigenvalue weighted by Gasteiger charge is -2.12. The minimum atomic E-state index is -0.321. The molecule has 1 aromatic heterocycles. The molecule has 1 aromatic carbocycles. The van der Waals surface area contributed by atoms with E-state index in [0.717, 1.165) is 18.7 Å². The smallest absolute Gasteiger partial charge is 0.277 e. The molecule has 0 atom stereocenters. The Balaban J connectivity index is 2.21. The molecular formula is C14H16ClN3O2. The maximum Gasteiger partial charge on any atom is 0.277 e. The fourth-order valence-corrected chi connectivity index (χ4v) is 1.91. The molecule has 2 aromatic rings. The van der Waals surface area contributed by atoms with E-state index in [4.69, 9.17) is 16.0 Å². The minimum absolute atomic E-state index is 0.270. The van der Waals surface area contributed by atoms with Gasteiger partial charge in [0.1, 0.15) is 5.76 Å². The van der Waals surface area contributed by atoms with Crippen LogP contribution in [0.15, 0.2) is 29.0 Å². The molecule has 0 aliphatic heterocycles. The number of nitrogens with one attached hydrogen (secondary N) is 2. The van der Waals surface area contributed by atoms with Gasteiger partial charge in [0.15, 0.2) is 12.1 Å². The summed E-state index contributed by atoms with van der Waals surface area (Å²) in [4.78, 5) is 16.0. The van der Waals surface area contributed by atoms with Gasteiger partial charge in [-0.2, -0.15) is 0 Å². The number of hydrogen-bond donors (Lipinski definition) is 2. The number of aryl methyl sites for hydroxylation is 1. The van der Waals surface area contributed by atoms with E-state index >= 15 is 0 Å². The molecule has 0 radical (unpaired) electrons. The monoisotopic (exact) mass is 293 g/mol. The molecule has 0 spiro atoms. The van der Waals surface area contributed by atoms with Gasteiger partial charge in [-0.1, -0.05) is 18.5 Å². The standard InChI is InChI=1S/C14H16ClN3O2/c1-3-6-16-11-5-4-10(15)7-12(11)18-14(19)13-9(2)20-8-17-13/h4-5,7-8,16H,3,6H2,1-2H3,(H,18,19). The first-order valence-corrected chi connectivity index (χ1v) is 6.74. The molecule has 0 aliphatic carbocycles. The van der Waals surface area contributed by atoms with Crippen LogP contribution in [0.4, 0.5) is 11.4 Å². The van der Waals surface area contributed by atoms with E-state index in [-0.39, 0.29) is 11.6 Å². The predicted molar refractivity (Wildman–Crippen MR) is 79.4 cm³/mol. The van der Waals surface area contributed by atoms with Gasteiger partial charge in [0.2, 0.25) is 0 Å². The number of aromatic nitrogens is 1. The molecule has 0 bridgehead atoms. The number of hydrogen-bond acceptors (Lipinski definition) is 4. The first-order valence-electron chi connectivity index (χ1n) is 6.36. The molecule has 106 valence electrons. The lowest BCUT2D eigenvalue weighted by molar-refractivity contribution is 0.102. The van der Waals surface area contributed by atoms with Crippen LogP contribution in [0.1, 0.15) is 29.6 Å². The number of halogens is 1. The van der Waals surface area contributed by atoms with Gasteiger partial charge >= 0.3 is 0 Å². The van der Waals surface area contributed by atoms with Crippen molar-refractivity contribution in [1.29, 1.82) is 0 Å². The molecule has 6 heteroatoms. The molecule has 0 unspecified atom stereocenters. The number of nitrogens with zero attached hydrogens (tertiary/aromatic N) is 1. The summed E-state index contributed by atoms with van der Waals surface area (Å²) in [6.45, 7) is 4.57. The van der Waals surface area contributed by atoms with E-state index < -0.39 is 0 Å². The van der Waals surface area contributed by atoms with Crippen molar-refractivity contribution < 1.29 is 9.21 Å². The highest BCUT2D eigenvalue weighted by Crippen LogP contribution is 2.26. The summed E-state index contributed by atoms with van der Waals surface area (Å²) in [5.41, 5.74) is 1.72. The molecule has 0 saturated carbocycles. The Morgan fingerprint density at radius 3 is 2.85 bits per heavy atom. The summed E-state index contributed by atoms with van der Waals surface area (Å²) in [6.07, 6.45) is 2.23. The molecule has 5 nitrogen and oxygen atoms in total. The molecule has 2 N–H and O–H groups in total. The van der Waals surface area contributed by atoms with E-state index in [0.29, 0.717) is 16.5 Å². The summed E-state index contributed by atoms with van der Waals surface area (Å²) in [5, 5.41) is 6.59. The van der Waals surface area contributed by atoms with Crippen LogP contribution in [0.3, 0.4) is 0 Å². The Morgan fingerprint density at radius 2 is 2.20 bits per heavy atom. The van der Waals surface area contributed by atoms with Crippen molar-refractivity contribution >= 4 is 28.9 Å². The molecular weight excluding hydrogens is 278 g/mol. The van der Waals surface area contributed by atoms with Crippen LogP contribution in [0.25, 0.3) is 0 Å².